The first-order valence-electron chi connectivity index (χ1n) is 7.01. The number of amidine groups is 1. The number of ether oxygens (including phenoxy) is 1. The first-order valence-corrected chi connectivity index (χ1v) is 7.01. The molecule has 2 atom stereocenters. The first-order chi connectivity index (χ1) is 8.34. The molecule has 106 valence electrons. The van der Waals surface area contributed by atoms with E-state index in [1.54, 1.807) is 0 Å². The van der Waals surface area contributed by atoms with Crippen LogP contribution in [0.3, 0.4) is 0 Å². The van der Waals surface area contributed by atoms with Gasteiger partial charge in [-0.2, -0.15) is 0 Å². The molecule has 0 bridgehead atoms. The fraction of sp³-hybridized carbons (Fsp3) is 0.929. The van der Waals surface area contributed by atoms with Gasteiger partial charge in [-0.1, -0.05) is 20.3 Å². The van der Waals surface area contributed by atoms with Gasteiger partial charge < -0.3 is 15.4 Å². The predicted molar refractivity (Wildman–Crippen MR) is 76.0 cm³/mol. The number of hydrogen-bond acceptors (Lipinski definition) is 3. The van der Waals surface area contributed by atoms with Gasteiger partial charge in [-0.05, 0) is 39.8 Å². The molecule has 1 heterocycles. The highest BCUT2D eigenvalue weighted by Crippen LogP contribution is 2.23. The lowest BCUT2D eigenvalue weighted by atomic mass is 9.86. The van der Waals surface area contributed by atoms with Crippen LogP contribution in [0.25, 0.3) is 0 Å². The molecule has 1 saturated heterocycles. The van der Waals surface area contributed by atoms with E-state index in [2.05, 4.69) is 18.9 Å². The van der Waals surface area contributed by atoms with Gasteiger partial charge in [0.2, 0.25) is 0 Å². The lowest BCUT2D eigenvalue weighted by Crippen LogP contribution is -2.37. The normalized spacial score (nSPS) is 24.7. The Morgan fingerprint density at radius 1 is 1.44 bits per heavy atom. The van der Waals surface area contributed by atoms with Gasteiger partial charge in [-0.15, -0.1) is 0 Å². The van der Waals surface area contributed by atoms with Gasteiger partial charge in [0.05, 0.1) is 11.9 Å². The summed E-state index contributed by atoms with van der Waals surface area (Å²) in [4.78, 5) is 2.42. The standard InChI is InChI=1S/C14H29N3O/c1-11-12(7-10-18-11)17(4)9-6-5-8-14(2,3)13(15)16/h11-12H,5-10H2,1-4H3,(H3,15,16). The van der Waals surface area contributed by atoms with Crippen molar-refractivity contribution in [2.75, 3.05) is 20.2 Å². The summed E-state index contributed by atoms with van der Waals surface area (Å²) in [5.74, 6) is 0.300. The molecule has 2 unspecified atom stereocenters. The van der Waals surface area contributed by atoms with Gasteiger partial charge in [-0.25, -0.2) is 0 Å². The van der Waals surface area contributed by atoms with E-state index in [4.69, 9.17) is 15.9 Å². The highest BCUT2D eigenvalue weighted by atomic mass is 16.5. The molecule has 3 N–H and O–H groups in total. The average Bonchev–Trinajstić information content (AvgIpc) is 2.70. The molecule has 0 aromatic carbocycles. The largest absolute Gasteiger partial charge is 0.387 e. The van der Waals surface area contributed by atoms with Crippen molar-refractivity contribution < 1.29 is 4.74 Å². The first kappa shape index (κ1) is 15.4. The molecule has 0 aromatic heterocycles. The topological polar surface area (TPSA) is 62.3 Å². The summed E-state index contributed by atoms with van der Waals surface area (Å²) in [5.41, 5.74) is 5.44. The molecule has 0 aromatic rings. The number of nitrogens with two attached hydrogens (primary N) is 1. The van der Waals surface area contributed by atoms with Crippen molar-refractivity contribution in [3.63, 3.8) is 0 Å². The molecule has 0 spiro atoms. The zero-order chi connectivity index (χ0) is 13.8. The van der Waals surface area contributed by atoms with E-state index >= 15 is 0 Å². The Hall–Kier alpha value is -0.610. The number of nitrogens with one attached hydrogen (secondary N) is 1. The maximum Gasteiger partial charge on any atom is 0.0963 e. The molecule has 0 amide bonds. The SMILES string of the molecule is CC1OCCC1N(C)CCCCC(C)(C)C(=N)N. The highest BCUT2D eigenvalue weighted by molar-refractivity contribution is 5.82. The van der Waals surface area contributed by atoms with Crippen LogP contribution in [0.5, 0.6) is 0 Å². The van der Waals surface area contributed by atoms with Crippen LogP contribution in [0.15, 0.2) is 0 Å². The van der Waals surface area contributed by atoms with E-state index in [1.165, 1.54) is 0 Å². The van der Waals surface area contributed by atoms with E-state index in [0.29, 0.717) is 18.0 Å². The summed E-state index contributed by atoms with van der Waals surface area (Å²) < 4.78 is 5.59. The summed E-state index contributed by atoms with van der Waals surface area (Å²) in [6, 6.07) is 0.575. The van der Waals surface area contributed by atoms with Crippen molar-refractivity contribution in [2.45, 2.75) is 58.6 Å². The van der Waals surface area contributed by atoms with Crippen LogP contribution in [0.4, 0.5) is 0 Å². The number of unbranched alkanes of at least 4 members (excludes halogenated alkanes) is 1. The summed E-state index contributed by atoms with van der Waals surface area (Å²) in [7, 11) is 2.19. The minimum atomic E-state index is -0.150. The van der Waals surface area contributed by atoms with Crippen molar-refractivity contribution in [2.24, 2.45) is 11.1 Å². The fourth-order valence-electron chi connectivity index (χ4n) is 2.53. The zero-order valence-electron chi connectivity index (χ0n) is 12.3. The van der Waals surface area contributed by atoms with Crippen molar-refractivity contribution in [3.05, 3.63) is 0 Å². The Balaban J connectivity index is 2.20. The van der Waals surface area contributed by atoms with Gasteiger partial charge in [-0.3, -0.25) is 5.41 Å². The minimum Gasteiger partial charge on any atom is -0.387 e. The van der Waals surface area contributed by atoms with E-state index in [-0.39, 0.29) is 5.41 Å². The molecule has 0 saturated carbocycles. The van der Waals surface area contributed by atoms with Gasteiger partial charge in [0.15, 0.2) is 0 Å². The van der Waals surface area contributed by atoms with E-state index in [0.717, 1.165) is 38.8 Å². The van der Waals surface area contributed by atoms with E-state index < -0.39 is 0 Å². The second-order valence-electron chi connectivity index (χ2n) is 6.17. The predicted octanol–water partition coefficient (Wildman–Crippen LogP) is 2.23. The van der Waals surface area contributed by atoms with Crippen molar-refractivity contribution >= 4 is 5.84 Å². The maximum atomic E-state index is 7.53. The lowest BCUT2D eigenvalue weighted by molar-refractivity contribution is 0.0830. The average molecular weight is 255 g/mol. The summed E-state index contributed by atoms with van der Waals surface area (Å²) in [5, 5.41) is 7.53. The zero-order valence-corrected chi connectivity index (χ0v) is 12.3. The Morgan fingerprint density at radius 2 is 2.11 bits per heavy atom. The maximum absolute atomic E-state index is 7.53. The Kier molecular flexibility index (Phi) is 5.60. The van der Waals surface area contributed by atoms with Crippen LogP contribution in [-0.2, 0) is 4.74 Å². The van der Waals surface area contributed by atoms with Crippen molar-refractivity contribution in [1.29, 1.82) is 5.41 Å². The molecule has 1 aliphatic heterocycles. The molecule has 1 rings (SSSR count). The minimum absolute atomic E-state index is 0.150. The second kappa shape index (κ2) is 6.53. The third-order valence-electron chi connectivity index (χ3n) is 4.19. The number of hydrogen-bond donors (Lipinski definition) is 2. The number of nitrogens with zero attached hydrogens (tertiary/aromatic N) is 1. The van der Waals surface area contributed by atoms with Crippen LogP contribution < -0.4 is 5.73 Å². The van der Waals surface area contributed by atoms with Crippen LogP contribution in [0.1, 0.15) is 46.5 Å². The van der Waals surface area contributed by atoms with Crippen LogP contribution >= 0.6 is 0 Å². The molecule has 0 aliphatic carbocycles. The quantitative estimate of drug-likeness (QED) is 0.416. The fourth-order valence-corrected chi connectivity index (χ4v) is 2.53. The van der Waals surface area contributed by atoms with Crippen LogP contribution in [0.2, 0.25) is 0 Å². The monoisotopic (exact) mass is 255 g/mol. The molecule has 1 fully saturated rings. The molecular weight excluding hydrogens is 226 g/mol. The van der Waals surface area contributed by atoms with E-state index in [1.807, 2.05) is 13.8 Å². The second-order valence-corrected chi connectivity index (χ2v) is 6.17. The summed E-state index contributed by atoms with van der Waals surface area (Å²) >= 11 is 0. The van der Waals surface area contributed by atoms with Crippen LogP contribution in [-0.4, -0.2) is 43.1 Å². The Labute approximate surface area is 111 Å². The van der Waals surface area contributed by atoms with Gasteiger partial charge in [0, 0.05) is 18.1 Å². The lowest BCUT2D eigenvalue weighted by Gasteiger charge is -2.27. The molecule has 18 heavy (non-hydrogen) atoms. The third kappa shape index (κ3) is 4.25. The number of rotatable bonds is 7. The molecule has 0 radical (unpaired) electrons. The molecule has 4 heteroatoms. The van der Waals surface area contributed by atoms with Gasteiger partial charge in [0.25, 0.3) is 0 Å². The van der Waals surface area contributed by atoms with E-state index in [9.17, 15) is 0 Å². The molecule has 1 aliphatic rings. The summed E-state index contributed by atoms with van der Waals surface area (Å²) in [6.45, 7) is 8.25. The molecular formula is C14H29N3O. The highest BCUT2D eigenvalue weighted by Gasteiger charge is 2.27. The summed E-state index contributed by atoms with van der Waals surface area (Å²) in [6.07, 6.45) is 4.79. The van der Waals surface area contributed by atoms with Crippen molar-refractivity contribution in [1.82, 2.24) is 4.90 Å². The Morgan fingerprint density at radius 3 is 2.61 bits per heavy atom. The molecule has 4 nitrogen and oxygen atoms in total. The third-order valence-corrected chi connectivity index (χ3v) is 4.19. The number of likely N-dealkylation sites (N-methyl/N-ethyl adjacent to an activating group) is 1. The van der Waals surface area contributed by atoms with Gasteiger partial charge >= 0.3 is 0 Å². The van der Waals surface area contributed by atoms with Crippen LogP contribution in [0, 0.1) is 10.8 Å². The smallest absolute Gasteiger partial charge is 0.0963 e. The van der Waals surface area contributed by atoms with Gasteiger partial charge in [0.1, 0.15) is 0 Å². The van der Waals surface area contributed by atoms with Crippen molar-refractivity contribution in [3.8, 4) is 0 Å². The Bertz CT molecular complexity index is 278.